The first-order chi connectivity index (χ1) is 10.2. The Hall–Kier alpha value is -1.58. The van der Waals surface area contributed by atoms with Crippen molar-refractivity contribution in [3.63, 3.8) is 0 Å². The van der Waals surface area contributed by atoms with Crippen molar-refractivity contribution in [1.82, 2.24) is 0 Å². The van der Waals surface area contributed by atoms with E-state index in [1.807, 2.05) is 18.2 Å². The Labute approximate surface area is 135 Å². The summed E-state index contributed by atoms with van der Waals surface area (Å²) in [6, 6.07) is 15.9. The first-order valence-corrected chi connectivity index (χ1v) is 7.72. The summed E-state index contributed by atoms with van der Waals surface area (Å²) in [5, 5.41) is 0.532. The third kappa shape index (κ3) is 4.73. The first kappa shape index (κ1) is 15.8. The highest BCUT2D eigenvalue weighted by Gasteiger charge is 2.10. The van der Waals surface area contributed by atoms with E-state index in [0.717, 1.165) is 19.3 Å². The molecule has 0 spiro atoms. The number of rotatable bonds is 7. The maximum atomic E-state index is 6.10. The van der Waals surface area contributed by atoms with Crippen molar-refractivity contribution >= 4 is 28.8 Å². The molecule has 2 aromatic rings. The van der Waals surface area contributed by atoms with E-state index in [9.17, 15) is 0 Å². The average molecular weight is 320 g/mol. The lowest BCUT2D eigenvalue weighted by Gasteiger charge is -2.11. The third-order valence-electron chi connectivity index (χ3n) is 3.18. The molecule has 0 heterocycles. The largest absolute Gasteiger partial charge is 0.493 e. The monoisotopic (exact) mass is 319 g/mol. The molecule has 0 aromatic heterocycles. The number of thiocarbonyl (C=S) groups is 1. The number of ether oxygens (including phenoxy) is 1. The number of benzene rings is 2. The number of halogens is 1. The van der Waals surface area contributed by atoms with Gasteiger partial charge in [-0.25, -0.2) is 0 Å². The van der Waals surface area contributed by atoms with Crippen LogP contribution >= 0.6 is 23.8 Å². The predicted octanol–water partition coefficient (Wildman–Crippen LogP) is 4.38. The van der Waals surface area contributed by atoms with Gasteiger partial charge in [0.15, 0.2) is 0 Å². The highest BCUT2D eigenvalue weighted by atomic mass is 35.5. The summed E-state index contributed by atoms with van der Waals surface area (Å²) >= 11 is 11.1. The Morgan fingerprint density at radius 1 is 1.05 bits per heavy atom. The van der Waals surface area contributed by atoms with Gasteiger partial charge in [-0.05, 0) is 37.0 Å². The molecule has 0 aliphatic heterocycles. The van der Waals surface area contributed by atoms with Crippen molar-refractivity contribution in [3.05, 3.63) is 64.7 Å². The zero-order valence-electron chi connectivity index (χ0n) is 11.7. The van der Waals surface area contributed by atoms with Crippen LogP contribution in [0, 0.1) is 0 Å². The number of hydrogen-bond acceptors (Lipinski definition) is 2. The van der Waals surface area contributed by atoms with Gasteiger partial charge in [0.2, 0.25) is 0 Å². The Morgan fingerprint density at radius 3 is 2.52 bits per heavy atom. The maximum Gasteiger partial charge on any atom is 0.130 e. The molecule has 0 radical (unpaired) electrons. The first-order valence-electron chi connectivity index (χ1n) is 6.93. The summed E-state index contributed by atoms with van der Waals surface area (Å²) in [5.74, 6) is 0.662. The second-order valence-electron chi connectivity index (χ2n) is 4.77. The highest BCUT2D eigenvalue weighted by molar-refractivity contribution is 7.80. The fourth-order valence-corrected chi connectivity index (χ4v) is 2.66. The maximum absolute atomic E-state index is 6.10. The van der Waals surface area contributed by atoms with E-state index < -0.39 is 0 Å². The minimum atomic E-state index is 0.264. The zero-order valence-corrected chi connectivity index (χ0v) is 13.3. The average Bonchev–Trinajstić information content (AvgIpc) is 2.47. The molecule has 21 heavy (non-hydrogen) atoms. The Bertz CT molecular complexity index is 601. The topological polar surface area (TPSA) is 35.2 Å². The van der Waals surface area contributed by atoms with Crippen LogP contribution in [0.5, 0.6) is 5.75 Å². The summed E-state index contributed by atoms with van der Waals surface area (Å²) in [5.41, 5.74) is 7.66. The van der Waals surface area contributed by atoms with Gasteiger partial charge in [-0.3, -0.25) is 0 Å². The summed E-state index contributed by atoms with van der Waals surface area (Å²) in [4.78, 5) is 0.264. The van der Waals surface area contributed by atoms with E-state index in [2.05, 4.69) is 24.3 Å². The van der Waals surface area contributed by atoms with E-state index in [0.29, 0.717) is 22.9 Å². The molecule has 4 heteroatoms. The van der Waals surface area contributed by atoms with Gasteiger partial charge in [0.05, 0.1) is 17.2 Å². The minimum Gasteiger partial charge on any atom is -0.493 e. The van der Waals surface area contributed by atoms with Gasteiger partial charge in [0.25, 0.3) is 0 Å². The summed E-state index contributed by atoms with van der Waals surface area (Å²) in [6.45, 7) is 0.628. The van der Waals surface area contributed by atoms with Crippen LogP contribution in [0.25, 0.3) is 0 Å². The van der Waals surface area contributed by atoms with Gasteiger partial charge >= 0.3 is 0 Å². The molecular weight excluding hydrogens is 302 g/mol. The number of nitrogens with two attached hydrogens (primary N) is 1. The molecule has 2 aromatic carbocycles. The second kappa shape index (κ2) is 8.01. The van der Waals surface area contributed by atoms with Crippen LogP contribution in [-0.2, 0) is 6.42 Å². The molecule has 0 fully saturated rings. The molecule has 0 aliphatic carbocycles. The number of unbranched alkanes of at least 4 members (excludes halogenated alkanes) is 1. The van der Waals surface area contributed by atoms with Gasteiger partial charge in [-0.15, -0.1) is 0 Å². The lowest BCUT2D eigenvalue weighted by Crippen LogP contribution is -2.13. The Morgan fingerprint density at radius 2 is 1.81 bits per heavy atom. The van der Waals surface area contributed by atoms with Gasteiger partial charge in [0, 0.05) is 0 Å². The summed E-state index contributed by atoms with van der Waals surface area (Å²) < 4.78 is 5.77. The normalized spacial score (nSPS) is 10.3. The molecule has 0 bridgehead atoms. The lowest BCUT2D eigenvalue weighted by atomic mass is 10.1. The molecule has 0 atom stereocenters. The molecule has 0 saturated heterocycles. The molecule has 110 valence electrons. The quantitative estimate of drug-likeness (QED) is 0.607. The highest BCUT2D eigenvalue weighted by Crippen LogP contribution is 2.26. The van der Waals surface area contributed by atoms with E-state index >= 15 is 0 Å². The SMILES string of the molecule is NC(=S)c1c(Cl)cccc1OCCCCc1ccccc1. The molecule has 0 aliphatic rings. The second-order valence-corrected chi connectivity index (χ2v) is 5.62. The van der Waals surface area contributed by atoms with Crippen molar-refractivity contribution < 1.29 is 4.74 Å². The van der Waals surface area contributed by atoms with Crippen molar-refractivity contribution in [2.75, 3.05) is 6.61 Å². The third-order valence-corrected chi connectivity index (χ3v) is 3.70. The Balaban J connectivity index is 1.81. The van der Waals surface area contributed by atoms with Gasteiger partial charge < -0.3 is 10.5 Å². The summed E-state index contributed by atoms with van der Waals surface area (Å²) in [6.07, 6.45) is 3.10. The van der Waals surface area contributed by atoms with E-state index in [4.69, 9.17) is 34.3 Å². The minimum absolute atomic E-state index is 0.264. The standard InChI is InChI=1S/C17H18ClNOS/c18-14-10-6-11-15(16(14)17(19)21)20-12-5-4-9-13-7-2-1-3-8-13/h1-3,6-8,10-11H,4-5,9,12H2,(H2,19,21). The van der Waals surface area contributed by atoms with Crippen LogP contribution in [0.15, 0.2) is 48.5 Å². The molecular formula is C17H18ClNOS. The van der Waals surface area contributed by atoms with Gasteiger partial charge in [-0.2, -0.15) is 0 Å². The molecule has 0 amide bonds. The molecule has 2 nitrogen and oxygen atoms in total. The Kier molecular flexibility index (Phi) is 6.03. The summed E-state index contributed by atoms with van der Waals surface area (Å²) in [7, 11) is 0. The molecule has 0 unspecified atom stereocenters. The zero-order chi connectivity index (χ0) is 15.1. The fraction of sp³-hybridized carbons (Fsp3) is 0.235. The molecule has 2 N–H and O–H groups in total. The van der Waals surface area contributed by atoms with E-state index in [-0.39, 0.29) is 4.99 Å². The number of aryl methyl sites for hydroxylation is 1. The van der Waals surface area contributed by atoms with Crippen LogP contribution in [0.3, 0.4) is 0 Å². The van der Waals surface area contributed by atoms with Crippen molar-refractivity contribution in [2.24, 2.45) is 5.73 Å². The van der Waals surface area contributed by atoms with Crippen LogP contribution in [0.2, 0.25) is 5.02 Å². The molecule has 2 rings (SSSR count). The smallest absolute Gasteiger partial charge is 0.130 e. The van der Waals surface area contributed by atoms with Crippen molar-refractivity contribution in [2.45, 2.75) is 19.3 Å². The van der Waals surface area contributed by atoms with Crippen LogP contribution < -0.4 is 10.5 Å². The van der Waals surface area contributed by atoms with Gasteiger partial charge in [0.1, 0.15) is 10.7 Å². The lowest BCUT2D eigenvalue weighted by molar-refractivity contribution is 0.306. The molecule has 0 saturated carbocycles. The van der Waals surface area contributed by atoms with Gasteiger partial charge in [-0.1, -0.05) is 60.2 Å². The van der Waals surface area contributed by atoms with E-state index in [1.165, 1.54) is 5.56 Å². The number of hydrogen-bond donors (Lipinski definition) is 1. The predicted molar refractivity (Wildman–Crippen MR) is 92.2 cm³/mol. The van der Waals surface area contributed by atoms with Crippen molar-refractivity contribution in [1.29, 1.82) is 0 Å². The fourth-order valence-electron chi connectivity index (χ4n) is 2.12. The van der Waals surface area contributed by atoms with E-state index in [1.54, 1.807) is 6.07 Å². The van der Waals surface area contributed by atoms with Crippen molar-refractivity contribution in [3.8, 4) is 5.75 Å². The van der Waals surface area contributed by atoms with Crippen LogP contribution in [0.1, 0.15) is 24.0 Å². The van der Waals surface area contributed by atoms with Crippen LogP contribution in [0.4, 0.5) is 0 Å². The van der Waals surface area contributed by atoms with Crippen LogP contribution in [-0.4, -0.2) is 11.6 Å².